The first kappa shape index (κ1) is 14.8. The van der Waals surface area contributed by atoms with Crippen LogP contribution < -0.4 is 5.73 Å². The number of hydrogen-bond acceptors (Lipinski definition) is 2. The van der Waals surface area contributed by atoms with Crippen molar-refractivity contribution in [1.29, 1.82) is 0 Å². The van der Waals surface area contributed by atoms with Gasteiger partial charge in [0.05, 0.1) is 5.60 Å². The maximum Gasteiger partial charge on any atom is 0.0685 e. The summed E-state index contributed by atoms with van der Waals surface area (Å²) in [6, 6.07) is 0. The standard InChI is InChI=1S/C18H33NO/c1-14-10-15(2)12-18(19,11-14)16-6-9-20-17(13-16)7-4-3-5-8-17/h14-16H,3-13,19H2,1-2H3. The van der Waals surface area contributed by atoms with Gasteiger partial charge < -0.3 is 10.5 Å². The molecule has 3 rings (SSSR count). The minimum absolute atomic E-state index is 0.0886. The fourth-order valence-corrected chi connectivity index (χ4v) is 5.63. The lowest BCUT2D eigenvalue weighted by Crippen LogP contribution is -2.56. The van der Waals surface area contributed by atoms with Crippen LogP contribution in [-0.4, -0.2) is 17.7 Å². The molecular weight excluding hydrogens is 246 g/mol. The molecule has 1 saturated heterocycles. The van der Waals surface area contributed by atoms with Gasteiger partial charge in [0.2, 0.25) is 0 Å². The highest BCUT2D eigenvalue weighted by Crippen LogP contribution is 2.48. The SMILES string of the molecule is CC1CC(C)CC(N)(C2CCOC3(CCCCC3)C2)C1. The van der Waals surface area contributed by atoms with Gasteiger partial charge >= 0.3 is 0 Å². The van der Waals surface area contributed by atoms with Crippen LogP contribution in [0.2, 0.25) is 0 Å². The maximum atomic E-state index is 6.95. The van der Waals surface area contributed by atoms with Crippen molar-refractivity contribution >= 4 is 0 Å². The third kappa shape index (κ3) is 2.92. The van der Waals surface area contributed by atoms with Gasteiger partial charge in [-0.15, -0.1) is 0 Å². The first-order valence-corrected chi connectivity index (χ1v) is 8.94. The van der Waals surface area contributed by atoms with Crippen LogP contribution in [0.4, 0.5) is 0 Å². The molecule has 1 spiro atoms. The Labute approximate surface area is 124 Å². The van der Waals surface area contributed by atoms with Crippen molar-refractivity contribution in [2.24, 2.45) is 23.5 Å². The smallest absolute Gasteiger partial charge is 0.0685 e. The van der Waals surface area contributed by atoms with Crippen LogP contribution in [0.5, 0.6) is 0 Å². The van der Waals surface area contributed by atoms with Gasteiger partial charge in [-0.25, -0.2) is 0 Å². The molecule has 3 unspecified atom stereocenters. The van der Waals surface area contributed by atoms with Gasteiger partial charge in [-0.3, -0.25) is 0 Å². The quantitative estimate of drug-likeness (QED) is 0.778. The summed E-state index contributed by atoms with van der Waals surface area (Å²) in [6.45, 7) is 5.74. The van der Waals surface area contributed by atoms with Gasteiger partial charge in [0.15, 0.2) is 0 Å². The molecule has 2 saturated carbocycles. The molecule has 1 aliphatic heterocycles. The Balaban J connectivity index is 1.72. The summed E-state index contributed by atoms with van der Waals surface area (Å²) in [5.41, 5.74) is 7.24. The molecule has 0 aromatic rings. The number of rotatable bonds is 1. The zero-order valence-electron chi connectivity index (χ0n) is 13.5. The van der Waals surface area contributed by atoms with Crippen LogP contribution >= 0.6 is 0 Å². The van der Waals surface area contributed by atoms with Crippen LogP contribution in [0.25, 0.3) is 0 Å². The molecule has 0 aromatic heterocycles. The van der Waals surface area contributed by atoms with Crippen molar-refractivity contribution in [3.05, 3.63) is 0 Å². The van der Waals surface area contributed by atoms with Crippen molar-refractivity contribution in [3.8, 4) is 0 Å². The molecule has 3 atom stereocenters. The summed E-state index contributed by atoms with van der Waals surface area (Å²) < 4.78 is 6.27. The van der Waals surface area contributed by atoms with Crippen LogP contribution in [0.1, 0.15) is 78.1 Å². The Morgan fingerprint density at radius 2 is 1.60 bits per heavy atom. The Kier molecular flexibility index (Phi) is 4.16. The molecule has 2 nitrogen and oxygen atoms in total. The van der Waals surface area contributed by atoms with E-state index < -0.39 is 0 Å². The largest absolute Gasteiger partial charge is 0.375 e. The summed E-state index contributed by atoms with van der Waals surface area (Å²) in [5.74, 6) is 2.29. The summed E-state index contributed by atoms with van der Waals surface area (Å²) in [7, 11) is 0. The zero-order valence-corrected chi connectivity index (χ0v) is 13.5. The third-order valence-electron chi connectivity index (χ3n) is 6.33. The molecular formula is C18H33NO. The Morgan fingerprint density at radius 3 is 2.25 bits per heavy atom. The van der Waals surface area contributed by atoms with E-state index in [1.54, 1.807) is 0 Å². The summed E-state index contributed by atoms with van der Waals surface area (Å²) in [6.07, 6.45) is 12.9. The van der Waals surface area contributed by atoms with E-state index >= 15 is 0 Å². The normalized spacial score (nSPS) is 45.5. The molecule has 116 valence electrons. The minimum atomic E-state index is 0.0886. The average Bonchev–Trinajstić information content (AvgIpc) is 2.38. The van der Waals surface area contributed by atoms with Crippen LogP contribution in [0.3, 0.4) is 0 Å². The Hall–Kier alpha value is -0.0800. The van der Waals surface area contributed by atoms with E-state index in [0.29, 0.717) is 5.92 Å². The predicted molar refractivity (Wildman–Crippen MR) is 83.6 cm³/mol. The highest BCUT2D eigenvalue weighted by atomic mass is 16.5. The fraction of sp³-hybridized carbons (Fsp3) is 1.00. The molecule has 20 heavy (non-hydrogen) atoms. The molecule has 2 N–H and O–H groups in total. The van der Waals surface area contributed by atoms with E-state index in [2.05, 4.69) is 13.8 Å². The molecule has 0 radical (unpaired) electrons. The lowest BCUT2D eigenvalue weighted by molar-refractivity contribution is -0.132. The third-order valence-corrected chi connectivity index (χ3v) is 6.33. The van der Waals surface area contributed by atoms with E-state index in [9.17, 15) is 0 Å². The predicted octanol–water partition coefficient (Wildman–Crippen LogP) is 4.27. The molecule has 2 aliphatic carbocycles. The number of nitrogens with two attached hydrogens (primary N) is 1. The first-order valence-electron chi connectivity index (χ1n) is 8.94. The second-order valence-corrected chi connectivity index (χ2v) is 8.37. The number of hydrogen-bond donors (Lipinski definition) is 1. The van der Waals surface area contributed by atoms with E-state index in [-0.39, 0.29) is 11.1 Å². The van der Waals surface area contributed by atoms with Gasteiger partial charge in [-0.05, 0) is 62.7 Å². The van der Waals surface area contributed by atoms with Crippen molar-refractivity contribution in [2.45, 2.75) is 89.2 Å². The Bertz CT molecular complexity index is 319. The van der Waals surface area contributed by atoms with Crippen LogP contribution in [0, 0.1) is 17.8 Å². The Morgan fingerprint density at radius 1 is 0.950 bits per heavy atom. The topological polar surface area (TPSA) is 35.2 Å². The highest BCUT2D eigenvalue weighted by molar-refractivity contribution is 5.02. The van der Waals surface area contributed by atoms with Crippen LogP contribution in [-0.2, 0) is 4.74 Å². The molecule has 1 heterocycles. The molecule has 2 heteroatoms. The molecule has 0 bridgehead atoms. The van der Waals surface area contributed by atoms with E-state index in [1.165, 1.54) is 64.2 Å². The summed E-state index contributed by atoms with van der Waals surface area (Å²) in [5, 5.41) is 0. The highest BCUT2D eigenvalue weighted by Gasteiger charge is 2.47. The van der Waals surface area contributed by atoms with Gasteiger partial charge in [-0.1, -0.05) is 33.1 Å². The van der Waals surface area contributed by atoms with Crippen molar-refractivity contribution in [2.75, 3.05) is 6.61 Å². The van der Waals surface area contributed by atoms with Crippen molar-refractivity contribution in [1.82, 2.24) is 0 Å². The van der Waals surface area contributed by atoms with E-state index in [1.807, 2.05) is 0 Å². The minimum Gasteiger partial charge on any atom is -0.375 e. The van der Waals surface area contributed by atoms with Crippen molar-refractivity contribution < 1.29 is 4.74 Å². The maximum absolute atomic E-state index is 6.95. The number of ether oxygens (including phenoxy) is 1. The molecule has 0 amide bonds. The van der Waals surface area contributed by atoms with Crippen LogP contribution in [0.15, 0.2) is 0 Å². The van der Waals surface area contributed by atoms with Crippen molar-refractivity contribution in [3.63, 3.8) is 0 Å². The molecule has 0 aromatic carbocycles. The second-order valence-electron chi connectivity index (χ2n) is 8.37. The second kappa shape index (κ2) is 5.61. The monoisotopic (exact) mass is 279 g/mol. The van der Waals surface area contributed by atoms with E-state index in [0.717, 1.165) is 18.4 Å². The first-order chi connectivity index (χ1) is 9.51. The fourth-order valence-electron chi connectivity index (χ4n) is 5.63. The summed E-state index contributed by atoms with van der Waals surface area (Å²) >= 11 is 0. The van der Waals surface area contributed by atoms with Gasteiger partial charge in [0.25, 0.3) is 0 Å². The van der Waals surface area contributed by atoms with Gasteiger partial charge in [0.1, 0.15) is 0 Å². The zero-order chi connectivity index (χ0) is 14.2. The van der Waals surface area contributed by atoms with E-state index in [4.69, 9.17) is 10.5 Å². The van der Waals surface area contributed by atoms with Gasteiger partial charge in [-0.2, -0.15) is 0 Å². The average molecular weight is 279 g/mol. The molecule has 3 aliphatic rings. The lowest BCUT2D eigenvalue weighted by atomic mass is 9.61. The van der Waals surface area contributed by atoms with Gasteiger partial charge in [0, 0.05) is 12.1 Å². The summed E-state index contributed by atoms with van der Waals surface area (Å²) in [4.78, 5) is 0. The molecule has 3 fully saturated rings. The lowest BCUT2D eigenvalue weighted by Gasteiger charge is -2.52.